The average molecular weight is 330 g/mol. The first-order valence-electron chi connectivity index (χ1n) is 8.32. The first-order valence-corrected chi connectivity index (χ1v) is 8.32. The lowest BCUT2D eigenvalue weighted by atomic mass is 10.1. The van der Waals surface area contributed by atoms with E-state index in [-0.39, 0.29) is 11.9 Å². The molecule has 2 aromatic rings. The summed E-state index contributed by atoms with van der Waals surface area (Å²) < 4.78 is 24.7. The van der Waals surface area contributed by atoms with E-state index < -0.39 is 0 Å². The second-order valence-corrected chi connectivity index (χ2v) is 6.05. The van der Waals surface area contributed by atoms with Crippen molar-refractivity contribution in [3.8, 4) is 5.88 Å². The van der Waals surface area contributed by atoms with Crippen LogP contribution in [0.1, 0.15) is 24.1 Å². The van der Waals surface area contributed by atoms with Gasteiger partial charge in [0.05, 0.1) is 25.5 Å². The van der Waals surface area contributed by atoms with Crippen LogP contribution in [-0.4, -0.2) is 36.2 Å². The zero-order chi connectivity index (χ0) is 16.8. The Labute approximate surface area is 142 Å². The molecule has 2 heterocycles. The highest BCUT2D eigenvalue weighted by molar-refractivity contribution is 5.16. The van der Waals surface area contributed by atoms with Gasteiger partial charge in [-0.1, -0.05) is 24.3 Å². The molecule has 128 valence electrons. The Balaban J connectivity index is 1.44. The lowest BCUT2D eigenvalue weighted by molar-refractivity contribution is -0.00516. The highest BCUT2D eigenvalue weighted by atomic mass is 19.1. The van der Waals surface area contributed by atoms with Gasteiger partial charge < -0.3 is 9.47 Å². The van der Waals surface area contributed by atoms with Crippen molar-refractivity contribution in [2.45, 2.75) is 32.1 Å². The van der Waals surface area contributed by atoms with Crippen molar-refractivity contribution in [3.63, 3.8) is 0 Å². The van der Waals surface area contributed by atoms with E-state index >= 15 is 0 Å². The molecule has 0 aliphatic carbocycles. The standard InChI is InChI=1S/C19H23FN2O2/c1-23-19-8-4-6-16(21-19)13-22-11-9-17(10-12-22)24-14-15-5-2-3-7-18(15)20/h2-8,17H,9-14H2,1H3. The number of benzene rings is 1. The maximum atomic E-state index is 13.6. The van der Waals surface area contributed by atoms with Gasteiger partial charge >= 0.3 is 0 Å². The Morgan fingerprint density at radius 1 is 1.12 bits per heavy atom. The molecule has 4 nitrogen and oxygen atoms in total. The number of nitrogens with zero attached hydrogens (tertiary/aromatic N) is 2. The highest BCUT2D eigenvalue weighted by Gasteiger charge is 2.20. The number of hydrogen-bond acceptors (Lipinski definition) is 4. The second kappa shape index (κ2) is 8.22. The predicted molar refractivity (Wildman–Crippen MR) is 90.3 cm³/mol. The number of piperidine rings is 1. The first-order chi connectivity index (χ1) is 11.7. The zero-order valence-electron chi connectivity index (χ0n) is 14.0. The van der Waals surface area contributed by atoms with E-state index in [0.717, 1.165) is 38.2 Å². The van der Waals surface area contributed by atoms with Crippen LogP contribution in [0.5, 0.6) is 5.88 Å². The number of likely N-dealkylation sites (tertiary alicyclic amines) is 1. The summed E-state index contributed by atoms with van der Waals surface area (Å²) in [5.41, 5.74) is 1.64. The van der Waals surface area contributed by atoms with Crippen LogP contribution < -0.4 is 4.74 Å². The molecule has 1 aliphatic rings. The minimum atomic E-state index is -0.195. The van der Waals surface area contributed by atoms with E-state index in [0.29, 0.717) is 18.1 Å². The van der Waals surface area contributed by atoms with Crippen molar-refractivity contribution >= 4 is 0 Å². The summed E-state index contributed by atoms with van der Waals surface area (Å²) >= 11 is 0. The van der Waals surface area contributed by atoms with E-state index in [1.165, 1.54) is 6.07 Å². The van der Waals surface area contributed by atoms with Gasteiger partial charge in [-0.05, 0) is 25.0 Å². The fourth-order valence-electron chi connectivity index (χ4n) is 2.95. The number of hydrogen-bond donors (Lipinski definition) is 0. The van der Waals surface area contributed by atoms with E-state index in [2.05, 4.69) is 9.88 Å². The van der Waals surface area contributed by atoms with Crippen molar-refractivity contribution in [1.29, 1.82) is 0 Å². The Morgan fingerprint density at radius 2 is 1.92 bits per heavy atom. The molecule has 1 aromatic carbocycles. The molecule has 1 aliphatic heterocycles. The van der Waals surface area contributed by atoms with Crippen LogP contribution in [0.4, 0.5) is 4.39 Å². The van der Waals surface area contributed by atoms with Crippen LogP contribution in [0.3, 0.4) is 0 Å². The summed E-state index contributed by atoms with van der Waals surface area (Å²) in [6, 6.07) is 12.6. The molecular formula is C19H23FN2O2. The Morgan fingerprint density at radius 3 is 2.67 bits per heavy atom. The maximum Gasteiger partial charge on any atom is 0.213 e. The predicted octanol–water partition coefficient (Wildman–Crippen LogP) is 3.41. The van der Waals surface area contributed by atoms with E-state index in [1.54, 1.807) is 19.2 Å². The molecule has 0 saturated carbocycles. The van der Waals surface area contributed by atoms with Gasteiger partial charge in [0.1, 0.15) is 5.82 Å². The molecule has 0 unspecified atom stereocenters. The van der Waals surface area contributed by atoms with E-state index in [1.807, 2.05) is 24.3 Å². The Bertz CT molecular complexity index is 657. The van der Waals surface area contributed by atoms with Gasteiger partial charge in [0.25, 0.3) is 0 Å². The summed E-state index contributed by atoms with van der Waals surface area (Å²) in [5.74, 6) is 0.453. The van der Waals surface area contributed by atoms with Crippen molar-refractivity contribution < 1.29 is 13.9 Å². The van der Waals surface area contributed by atoms with Crippen LogP contribution in [0.25, 0.3) is 0 Å². The quantitative estimate of drug-likeness (QED) is 0.813. The van der Waals surface area contributed by atoms with Crippen molar-refractivity contribution in [1.82, 2.24) is 9.88 Å². The summed E-state index contributed by atoms with van der Waals surface area (Å²) in [6.45, 7) is 3.08. The van der Waals surface area contributed by atoms with Crippen LogP contribution in [-0.2, 0) is 17.9 Å². The summed E-state index contributed by atoms with van der Waals surface area (Å²) in [7, 11) is 1.63. The van der Waals surface area contributed by atoms with Gasteiger partial charge in [0.2, 0.25) is 5.88 Å². The molecule has 1 saturated heterocycles. The topological polar surface area (TPSA) is 34.6 Å². The van der Waals surface area contributed by atoms with Gasteiger partial charge in [-0.2, -0.15) is 0 Å². The highest BCUT2D eigenvalue weighted by Crippen LogP contribution is 2.18. The average Bonchev–Trinajstić information content (AvgIpc) is 2.62. The third kappa shape index (κ3) is 4.52. The summed E-state index contributed by atoms with van der Waals surface area (Å²) in [4.78, 5) is 6.82. The minimum absolute atomic E-state index is 0.194. The van der Waals surface area contributed by atoms with E-state index in [9.17, 15) is 4.39 Å². The second-order valence-electron chi connectivity index (χ2n) is 6.05. The summed E-state index contributed by atoms with van der Waals surface area (Å²) in [5, 5.41) is 0. The Kier molecular flexibility index (Phi) is 5.77. The molecule has 24 heavy (non-hydrogen) atoms. The summed E-state index contributed by atoms with van der Waals surface area (Å²) in [6.07, 6.45) is 2.11. The third-order valence-corrected chi connectivity index (χ3v) is 4.34. The van der Waals surface area contributed by atoms with Crippen LogP contribution in [0.15, 0.2) is 42.5 Å². The lowest BCUT2D eigenvalue weighted by Crippen LogP contribution is -2.36. The minimum Gasteiger partial charge on any atom is -0.481 e. The maximum absolute atomic E-state index is 13.6. The number of methoxy groups -OCH3 is 1. The fraction of sp³-hybridized carbons (Fsp3) is 0.421. The molecular weight excluding hydrogens is 307 g/mol. The van der Waals surface area contributed by atoms with Gasteiger partial charge in [-0.15, -0.1) is 0 Å². The van der Waals surface area contributed by atoms with Crippen LogP contribution >= 0.6 is 0 Å². The molecule has 0 radical (unpaired) electrons. The van der Waals surface area contributed by atoms with Crippen molar-refractivity contribution in [2.24, 2.45) is 0 Å². The molecule has 0 atom stereocenters. The van der Waals surface area contributed by atoms with E-state index in [4.69, 9.17) is 9.47 Å². The zero-order valence-corrected chi connectivity index (χ0v) is 14.0. The van der Waals surface area contributed by atoms with Gasteiger partial charge in [0.15, 0.2) is 0 Å². The molecule has 0 spiro atoms. The normalized spacial score (nSPS) is 16.2. The first kappa shape index (κ1) is 16.9. The molecule has 1 aromatic heterocycles. The number of halogens is 1. The molecule has 3 rings (SSSR count). The lowest BCUT2D eigenvalue weighted by Gasteiger charge is -2.31. The van der Waals surface area contributed by atoms with Crippen molar-refractivity contribution in [3.05, 3.63) is 59.5 Å². The van der Waals surface area contributed by atoms with Gasteiger partial charge in [-0.25, -0.2) is 9.37 Å². The molecule has 0 N–H and O–H groups in total. The number of rotatable bonds is 6. The monoisotopic (exact) mass is 330 g/mol. The Hall–Kier alpha value is -1.98. The largest absolute Gasteiger partial charge is 0.481 e. The van der Waals surface area contributed by atoms with Crippen LogP contribution in [0, 0.1) is 5.82 Å². The smallest absolute Gasteiger partial charge is 0.213 e. The van der Waals surface area contributed by atoms with Gasteiger partial charge in [-0.3, -0.25) is 4.90 Å². The number of pyridine rings is 1. The van der Waals surface area contributed by atoms with Gasteiger partial charge in [0, 0.05) is 31.3 Å². The van der Waals surface area contributed by atoms with Crippen molar-refractivity contribution in [2.75, 3.05) is 20.2 Å². The molecule has 1 fully saturated rings. The SMILES string of the molecule is COc1cccc(CN2CCC(OCc3ccccc3F)CC2)n1. The molecule has 5 heteroatoms. The number of ether oxygens (including phenoxy) is 2. The molecule has 0 amide bonds. The number of aromatic nitrogens is 1. The van der Waals surface area contributed by atoms with Crippen LogP contribution in [0.2, 0.25) is 0 Å². The molecule has 0 bridgehead atoms. The third-order valence-electron chi connectivity index (χ3n) is 4.34. The fourth-order valence-corrected chi connectivity index (χ4v) is 2.95.